The molecule has 1 rings (SSSR count). The maximum Gasteiger partial charge on any atom is 0.236 e. The van der Waals surface area contributed by atoms with Gasteiger partial charge >= 0.3 is 0 Å². The number of carbonyl (C=O) groups excluding carboxylic acids is 1. The van der Waals surface area contributed by atoms with Gasteiger partial charge in [-0.25, -0.2) is 0 Å². The Hall–Kier alpha value is -0.610. The Morgan fingerprint density at radius 2 is 2.29 bits per heavy atom. The lowest BCUT2D eigenvalue weighted by molar-refractivity contribution is -0.137. The second-order valence-electron chi connectivity index (χ2n) is 4.39. The molecule has 2 N–H and O–H groups in total. The van der Waals surface area contributed by atoms with Gasteiger partial charge in [-0.3, -0.25) is 9.69 Å². The molecular formula is C10H21N3O. The molecule has 0 aromatic heterocycles. The summed E-state index contributed by atoms with van der Waals surface area (Å²) in [5, 5.41) is 0. The quantitative estimate of drug-likeness (QED) is 0.681. The highest BCUT2D eigenvalue weighted by atomic mass is 16.2. The first kappa shape index (κ1) is 11.5. The summed E-state index contributed by atoms with van der Waals surface area (Å²) in [4.78, 5) is 15.6. The molecular weight excluding hydrogens is 178 g/mol. The molecule has 82 valence electrons. The number of hydrogen-bond acceptors (Lipinski definition) is 3. The van der Waals surface area contributed by atoms with Crippen LogP contribution in [0, 0.1) is 5.92 Å². The van der Waals surface area contributed by atoms with E-state index in [2.05, 4.69) is 18.7 Å². The van der Waals surface area contributed by atoms with E-state index < -0.39 is 0 Å². The van der Waals surface area contributed by atoms with E-state index >= 15 is 0 Å². The molecule has 1 amide bonds. The van der Waals surface area contributed by atoms with Gasteiger partial charge in [0.05, 0.1) is 6.54 Å². The van der Waals surface area contributed by atoms with Gasteiger partial charge in [0, 0.05) is 26.2 Å². The summed E-state index contributed by atoms with van der Waals surface area (Å²) < 4.78 is 0. The van der Waals surface area contributed by atoms with E-state index in [0.29, 0.717) is 25.0 Å². The molecule has 0 radical (unpaired) electrons. The maximum absolute atomic E-state index is 11.5. The van der Waals surface area contributed by atoms with E-state index in [4.69, 9.17) is 5.73 Å². The van der Waals surface area contributed by atoms with Crippen molar-refractivity contribution >= 4 is 5.91 Å². The number of nitrogens with zero attached hydrogens (tertiary/aromatic N) is 2. The molecule has 4 heteroatoms. The third-order valence-corrected chi connectivity index (χ3v) is 2.91. The van der Waals surface area contributed by atoms with Crippen molar-refractivity contribution in [3.8, 4) is 0 Å². The molecule has 0 aromatic carbocycles. The molecule has 0 aliphatic carbocycles. The summed E-state index contributed by atoms with van der Waals surface area (Å²) in [6.07, 6.45) is 0. The lowest BCUT2D eigenvalue weighted by Gasteiger charge is -2.38. The van der Waals surface area contributed by atoms with Crippen molar-refractivity contribution in [2.75, 3.05) is 33.2 Å². The maximum atomic E-state index is 11.5. The number of carbonyl (C=O) groups is 1. The first-order valence-electron chi connectivity index (χ1n) is 5.22. The fourth-order valence-corrected chi connectivity index (χ4v) is 1.76. The summed E-state index contributed by atoms with van der Waals surface area (Å²) >= 11 is 0. The van der Waals surface area contributed by atoms with Gasteiger partial charge < -0.3 is 10.6 Å². The highest BCUT2D eigenvalue weighted by Gasteiger charge is 2.27. The Morgan fingerprint density at radius 1 is 1.64 bits per heavy atom. The summed E-state index contributed by atoms with van der Waals surface area (Å²) in [6, 6.07) is 0.321. The molecule has 2 atom stereocenters. The monoisotopic (exact) mass is 199 g/mol. The number of hydrogen-bond donors (Lipinski definition) is 1. The average molecular weight is 199 g/mol. The molecule has 1 heterocycles. The molecule has 14 heavy (non-hydrogen) atoms. The predicted octanol–water partition coefficient (Wildman–Crippen LogP) is -0.256. The first-order chi connectivity index (χ1) is 6.54. The van der Waals surface area contributed by atoms with Crippen LogP contribution in [0.2, 0.25) is 0 Å². The highest BCUT2D eigenvalue weighted by molar-refractivity contribution is 5.79. The Balaban J connectivity index is 2.46. The fourth-order valence-electron chi connectivity index (χ4n) is 1.76. The molecule has 1 fully saturated rings. The van der Waals surface area contributed by atoms with Crippen molar-refractivity contribution in [1.82, 2.24) is 9.80 Å². The van der Waals surface area contributed by atoms with Crippen LogP contribution in [0.5, 0.6) is 0 Å². The van der Waals surface area contributed by atoms with Crippen molar-refractivity contribution in [2.24, 2.45) is 11.7 Å². The lowest BCUT2D eigenvalue weighted by Crippen LogP contribution is -2.54. The van der Waals surface area contributed by atoms with E-state index in [9.17, 15) is 4.79 Å². The predicted molar refractivity (Wildman–Crippen MR) is 56.9 cm³/mol. The minimum Gasteiger partial charge on any atom is -0.341 e. The second kappa shape index (κ2) is 4.75. The van der Waals surface area contributed by atoms with Crippen molar-refractivity contribution in [3.63, 3.8) is 0 Å². The van der Waals surface area contributed by atoms with E-state index in [-0.39, 0.29) is 5.91 Å². The lowest BCUT2D eigenvalue weighted by atomic mass is 10.1. The number of likely N-dealkylation sites (N-methyl/N-ethyl adjacent to an activating group) is 1. The van der Waals surface area contributed by atoms with Crippen molar-refractivity contribution < 1.29 is 4.79 Å². The molecule has 4 nitrogen and oxygen atoms in total. The summed E-state index contributed by atoms with van der Waals surface area (Å²) in [5.74, 6) is 0.686. The Bertz CT molecular complexity index is 206. The number of piperazine rings is 1. The SMILES string of the molecule is CC(CN)CN1CC(=O)N(C)C(C)C1. The van der Waals surface area contributed by atoms with Crippen LogP contribution < -0.4 is 5.73 Å². The Kier molecular flexibility index (Phi) is 3.89. The van der Waals surface area contributed by atoms with E-state index in [1.165, 1.54) is 0 Å². The van der Waals surface area contributed by atoms with Gasteiger partial charge in [0.2, 0.25) is 5.91 Å². The minimum absolute atomic E-state index is 0.216. The third kappa shape index (κ3) is 2.69. The third-order valence-electron chi connectivity index (χ3n) is 2.91. The van der Waals surface area contributed by atoms with Gasteiger partial charge in [0.1, 0.15) is 0 Å². The first-order valence-corrected chi connectivity index (χ1v) is 5.22. The normalized spacial score (nSPS) is 26.7. The Labute approximate surface area is 86.0 Å². The van der Waals surface area contributed by atoms with E-state index in [1.807, 2.05) is 11.9 Å². The van der Waals surface area contributed by atoms with Crippen LogP contribution in [-0.2, 0) is 4.79 Å². The zero-order chi connectivity index (χ0) is 10.7. The van der Waals surface area contributed by atoms with Gasteiger partial charge in [-0.1, -0.05) is 6.92 Å². The number of nitrogens with two attached hydrogens (primary N) is 1. The number of rotatable bonds is 3. The molecule has 2 unspecified atom stereocenters. The van der Waals surface area contributed by atoms with Crippen LogP contribution in [0.1, 0.15) is 13.8 Å². The van der Waals surface area contributed by atoms with Gasteiger partial charge in [-0.2, -0.15) is 0 Å². The number of amides is 1. The van der Waals surface area contributed by atoms with E-state index in [1.54, 1.807) is 0 Å². The van der Waals surface area contributed by atoms with Gasteiger partial charge in [-0.05, 0) is 19.4 Å². The van der Waals surface area contributed by atoms with Crippen molar-refractivity contribution in [1.29, 1.82) is 0 Å². The Morgan fingerprint density at radius 3 is 2.79 bits per heavy atom. The van der Waals surface area contributed by atoms with Crippen LogP contribution in [0.3, 0.4) is 0 Å². The topological polar surface area (TPSA) is 49.6 Å². The summed E-state index contributed by atoms with van der Waals surface area (Å²) in [6.45, 7) is 7.33. The van der Waals surface area contributed by atoms with Crippen molar-refractivity contribution in [2.45, 2.75) is 19.9 Å². The van der Waals surface area contributed by atoms with Gasteiger partial charge in [-0.15, -0.1) is 0 Å². The smallest absolute Gasteiger partial charge is 0.236 e. The zero-order valence-electron chi connectivity index (χ0n) is 9.36. The standard InChI is InChI=1S/C10H21N3O/c1-8(4-11)5-13-6-9(2)12(3)10(14)7-13/h8-9H,4-7,11H2,1-3H3. The summed E-state index contributed by atoms with van der Waals surface area (Å²) in [7, 11) is 1.87. The minimum atomic E-state index is 0.216. The molecule has 0 saturated carbocycles. The molecule has 0 aromatic rings. The van der Waals surface area contributed by atoms with Crippen LogP contribution in [0.4, 0.5) is 0 Å². The van der Waals surface area contributed by atoms with Gasteiger partial charge in [0.15, 0.2) is 0 Å². The molecule has 1 saturated heterocycles. The van der Waals surface area contributed by atoms with Crippen LogP contribution in [0.25, 0.3) is 0 Å². The average Bonchev–Trinajstić information content (AvgIpc) is 2.14. The van der Waals surface area contributed by atoms with Crippen molar-refractivity contribution in [3.05, 3.63) is 0 Å². The molecule has 0 spiro atoms. The van der Waals surface area contributed by atoms with E-state index in [0.717, 1.165) is 13.1 Å². The largest absolute Gasteiger partial charge is 0.341 e. The highest BCUT2D eigenvalue weighted by Crippen LogP contribution is 2.09. The van der Waals surface area contributed by atoms with Crippen LogP contribution >= 0.6 is 0 Å². The van der Waals surface area contributed by atoms with Crippen LogP contribution in [-0.4, -0.2) is 55.0 Å². The van der Waals surface area contributed by atoms with Gasteiger partial charge in [0.25, 0.3) is 0 Å². The molecule has 1 aliphatic rings. The van der Waals surface area contributed by atoms with Crippen LogP contribution in [0.15, 0.2) is 0 Å². The molecule has 0 bridgehead atoms. The summed E-state index contributed by atoms with van der Waals surface area (Å²) in [5.41, 5.74) is 5.56. The second-order valence-corrected chi connectivity index (χ2v) is 4.39. The fraction of sp³-hybridized carbons (Fsp3) is 0.900. The molecule has 1 aliphatic heterocycles. The zero-order valence-corrected chi connectivity index (χ0v) is 9.36.